The van der Waals surface area contributed by atoms with E-state index in [0.717, 1.165) is 12.1 Å². The van der Waals surface area contributed by atoms with Gasteiger partial charge in [-0.05, 0) is 57.2 Å². The van der Waals surface area contributed by atoms with Crippen molar-refractivity contribution in [3.63, 3.8) is 0 Å². The van der Waals surface area contributed by atoms with E-state index in [1.807, 2.05) is 6.92 Å². The van der Waals surface area contributed by atoms with E-state index in [-0.39, 0.29) is 11.8 Å². The fraction of sp³-hybridized carbons (Fsp3) is 0.375. The molecule has 0 aliphatic heterocycles. The summed E-state index contributed by atoms with van der Waals surface area (Å²) in [7, 11) is 1.63. The fourth-order valence-electron chi connectivity index (χ4n) is 3.12. The molecule has 3 rings (SSSR count). The van der Waals surface area contributed by atoms with E-state index in [9.17, 15) is 18.0 Å². The van der Waals surface area contributed by atoms with Crippen molar-refractivity contribution in [2.24, 2.45) is 0 Å². The van der Waals surface area contributed by atoms with Crippen LogP contribution in [-0.2, 0) is 10.9 Å². The molecule has 1 atom stereocenters. The molecule has 1 unspecified atom stereocenters. The summed E-state index contributed by atoms with van der Waals surface area (Å²) < 4.78 is 49.7. The van der Waals surface area contributed by atoms with Crippen molar-refractivity contribution in [3.8, 4) is 11.5 Å². The Balaban J connectivity index is 1.74. The number of ether oxygens (including phenoxy) is 1. The number of likely N-dealkylation sites (N-methyl/N-ethyl adjacent to an activating group) is 1. The van der Waals surface area contributed by atoms with Gasteiger partial charge in [0, 0.05) is 19.3 Å². The average Bonchev–Trinajstić information content (AvgIpc) is 3.23. The molecule has 34 heavy (non-hydrogen) atoms. The molecule has 1 amide bonds. The maximum atomic E-state index is 12.8. The van der Waals surface area contributed by atoms with E-state index in [1.165, 1.54) is 17.0 Å². The maximum Gasteiger partial charge on any atom is 0.416 e. The second kappa shape index (κ2) is 9.74. The number of hydrogen-bond donors (Lipinski definition) is 1. The predicted octanol–water partition coefficient (Wildman–Crippen LogP) is 6.47. The summed E-state index contributed by atoms with van der Waals surface area (Å²) in [6.07, 6.45) is -4.85. The highest BCUT2D eigenvalue weighted by molar-refractivity contribution is 5.76. The lowest BCUT2D eigenvalue weighted by Gasteiger charge is -2.25. The van der Waals surface area contributed by atoms with Crippen LogP contribution in [0.4, 0.5) is 29.3 Å². The quantitative estimate of drug-likeness (QED) is 0.439. The van der Waals surface area contributed by atoms with Crippen LogP contribution in [0.1, 0.15) is 45.1 Å². The Hall–Kier alpha value is -3.56. The van der Waals surface area contributed by atoms with Crippen LogP contribution in [0, 0.1) is 0 Å². The Morgan fingerprint density at radius 1 is 1.09 bits per heavy atom. The van der Waals surface area contributed by atoms with Gasteiger partial charge in [0.25, 0.3) is 0 Å². The first-order valence-electron chi connectivity index (χ1n) is 10.6. The number of carbonyl (C=O) groups excluding carboxylic acids is 1. The highest BCUT2D eigenvalue weighted by atomic mass is 19.4. The van der Waals surface area contributed by atoms with Crippen molar-refractivity contribution < 1.29 is 27.1 Å². The summed E-state index contributed by atoms with van der Waals surface area (Å²) in [4.78, 5) is 13.7. The number of rotatable bonds is 6. The van der Waals surface area contributed by atoms with E-state index in [0.29, 0.717) is 29.4 Å². The Labute approximate surface area is 195 Å². The lowest BCUT2D eigenvalue weighted by molar-refractivity contribution is -0.137. The van der Waals surface area contributed by atoms with Crippen LogP contribution in [0.25, 0.3) is 11.5 Å². The number of hydrogen-bond acceptors (Lipinski definition) is 6. The zero-order chi connectivity index (χ0) is 25.1. The van der Waals surface area contributed by atoms with E-state index < -0.39 is 23.4 Å². The van der Waals surface area contributed by atoms with Crippen LogP contribution < -0.4 is 5.32 Å². The molecular weight excluding hydrogens is 449 g/mol. The number of anilines is 2. The third-order valence-corrected chi connectivity index (χ3v) is 4.76. The van der Waals surface area contributed by atoms with Gasteiger partial charge in [-0.25, -0.2) is 4.79 Å². The van der Waals surface area contributed by atoms with Gasteiger partial charge in [-0.3, -0.25) is 0 Å². The largest absolute Gasteiger partial charge is 0.444 e. The minimum absolute atomic E-state index is 0.247. The van der Waals surface area contributed by atoms with E-state index in [2.05, 4.69) is 15.5 Å². The van der Waals surface area contributed by atoms with Gasteiger partial charge in [0.1, 0.15) is 5.60 Å². The third kappa shape index (κ3) is 6.49. The average molecular weight is 476 g/mol. The molecule has 10 heteroatoms. The highest BCUT2D eigenvalue weighted by Crippen LogP contribution is 2.33. The van der Waals surface area contributed by atoms with E-state index in [1.54, 1.807) is 52.1 Å². The van der Waals surface area contributed by atoms with E-state index >= 15 is 0 Å². The number of nitrogens with zero attached hydrogens (tertiary/aromatic N) is 3. The van der Waals surface area contributed by atoms with Gasteiger partial charge in [-0.15, -0.1) is 10.2 Å². The van der Waals surface area contributed by atoms with Gasteiger partial charge in [-0.2, -0.15) is 13.2 Å². The second-order valence-corrected chi connectivity index (χ2v) is 8.95. The van der Waals surface area contributed by atoms with Crippen LogP contribution in [-0.4, -0.2) is 40.4 Å². The van der Waals surface area contributed by atoms with E-state index in [4.69, 9.17) is 9.15 Å². The molecule has 0 saturated heterocycles. The summed E-state index contributed by atoms with van der Waals surface area (Å²) in [6, 6.07) is 11.8. The molecule has 0 spiro atoms. The summed E-state index contributed by atoms with van der Waals surface area (Å²) in [6.45, 7) is 7.54. The molecule has 1 heterocycles. The van der Waals surface area contributed by atoms with Crippen LogP contribution in [0.15, 0.2) is 52.9 Å². The number of alkyl halides is 3. The van der Waals surface area contributed by atoms with Crippen molar-refractivity contribution in [1.29, 1.82) is 0 Å². The highest BCUT2D eigenvalue weighted by Gasteiger charge is 2.30. The standard InChI is InChI=1S/C24H27F3N4O3/c1-15(14-31(5)22(32)34-23(2,3)4)20-29-30-21(33-20)18-8-6-7-9-19(18)28-17-12-10-16(11-13-17)24(25,26)27/h6-13,15,28H,14H2,1-5H3. The zero-order valence-electron chi connectivity index (χ0n) is 19.6. The molecule has 1 aromatic heterocycles. The predicted molar refractivity (Wildman–Crippen MR) is 122 cm³/mol. The molecule has 7 nitrogen and oxygen atoms in total. The summed E-state index contributed by atoms with van der Waals surface area (Å²) in [5, 5.41) is 11.3. The summed E-state index contributed by atoms with van der Waals surface area (Å²) in [5.74, 6) is 0.334. The smallest absolute Gasteiger partial charge is 0.416 e. The second-order valence-electron chi connectivity index (χ2n) is 8.95. The number of para-hydroxylation sites is 1. The Bertz CT molecular complexity index is 1120. The molecule has 3 aromatic rings. The Morgan fingerprint density at radius 3 is 2.35 bits per heavy atom. The molecular formula is C24H27F3N4O3. The minimum atomic E-state index is -4.40. The van der Waals surface area contributed by atoms with Crippen molar-refractivity contribution in [1.82, 2.24) is 15.1 Å². The third-order valence-electron chi connectivity index (χ3n) is 4.76. The molecule has 182 valence electrons. The summed E-state index contributed by atoms with van der Waals surface area (Å²) >= 11 is 0. The van der Waals surface area contributed by atoms with Crippen LogP contribution in [0.2, 0.25) is 0 Å². The molecule has 0 saturated carbocycles. The monoisotopic (exact) mass is 476 g/mol. The van der Waals surface area contributed by atoms with Crippen molar-refractivity contribution in [3.05, 3.63) is 60.0 Å². The zero-order valence-corrected chi connectivity index (χ0v) is 19.6. The number of amides is 1. The summed E-state index contributed by atoms with van der Waals surface area (Å²) in [5.41, 5.74) is 0.339. The van der Waals surface area contributed by atoms with Gasteiger partial charge < -0.3 is 19.4 Å². The Morgan fingerprint density at radius 2 is 1.74 bits per heavy atom. The van der Waals surface area contributed by atoms with Gasteiger partial charge >= 0.3 is 12.3 Å². The van der Waals surface area contributed by atoms with Gasteiger partial charge in [0.05, 0.1) is 22.7 Å². The molecule has 0 fully saturated rings. The first-order chi connectivity index (χ1) is 15.8. The SMILES string of the molecule is CC(CN(C)C(=O)OC(C)(C)C)c1nnc(-c2ccccc2Nc2ccc(C(F)(F)F)cc2)o1. The molecule has 0 aliphatic rings. The number of carbonyl (C=O) groups is 1. The van der Waals surface area contributed by atoms with Gasteiger partial charge in [0.15, 0.2) is 0 Å². The number of benzene rings is 2. The van der Waals surface area contributed by atoms with Crippen molar-refractivity contribution >= 4 is 17.5 Å². The number of halogens is 3. The number of nitrogens with one attached hydrogen (secondary N) is 1. The van der Waals surface area contributed by atoms with Crippen LogP contribution in [0.3, 0.4) is 0 Å². The molecule has 2 aromatic carbocycles. The topological polar surface area (TPSA) is 80.5 Å². The first-order valence-corrected chi connectivity index (χ1v) is 10.6. The normalized spacial score (nSPS) is 12.8. The molecule has 0 aliphatic carbocycles. The maximum absolute atomic E-state index is 12.8. The number of aromatic nitrogens is 2. The fourth-order valence-corrected chi connectivity index (χ4v) is 3.12. The molecule has 0 bridgehead atoms. The van der Waals surface area contributed by atoms with Crippen molar-refractivity contribution in [2.45, 2.75) is 45.4 Å². The lowest BCUT2D eigenvalue weighted by Crippen LogP contribution is -2.36. The first kappa shape index (κ1) is 25.1. The molecule has 0 radical (unpaired) electrons. The minimum Gasteiger partial charge on any atom is -0.444 e. The van der Waals surface area contributed by atoms with Crippen molar-refractivity contribution in [2.75, 3.05) is 18.9 Å². The Kier molecular flexibility index (Phi) is 7.18. The molecule has 1 N–H and O–H groups in total. The van der Waals surface area contributed by atoms with Crippen LogP contribution >= 0.6 is 0 Å². The van der Waals surface area contributed by atoms with Gasteiger partial charge in [-0.1, -0.05) is 19.1 Å². The lowest BCUT2D eigenvalue weighted by atomic mass is 10.1. The van der Waals surface area contributed by atoms with Crippen LogP contribution in [0.5, 0.6) is 0 Å². The van der Waals surface area contributed by atoms with Gasteiger partial charge in [0.2, 0.25) is 11.8 Å².